The summed E-state index contributed by atoms with van der Waals surface area (Å²) in [6, 6.07) is 11.6. The first-order valence-electron chi connectivity index (χ1n) is 10.9. The lowest BCUT2D eigenvalue weighted by Crippen LogP contribution is -2.54. The lowest BCUT2D eigenvalue weighted by Gasteiger charge is -2.31. The quantitative estimate of drug-likeness (QED) is 0.294. The minimum Gasteiger partial charge on any atom is -0.391 e. The van der Waals surface area contributed by atoms with Crippen LogP contribution in [0.3, 0.4) is 0 Å². The van der Waals surface area contributed by atoms with Gasteiger partial charge >= 0.3 is 8.56 Å². The van der Waals surface area contributed by atoms with Crippen molar-refractivity contribution in [3.8, 4) is 0 Å². The third-order valence-corrected chi connectivity index (χ3v) is 8.15. The van der Waals surface area contributed by atoms with Crippen LogP contribution in [0.15, 0.2) is 30.3 Å². The van der Waals surface area contributed by atoms with Gasteiger partial charge in [-0.25, -0.2) is 0 Å². The summed E-state index contributed by atoms with van der Waals surface area (Å²) in [4.78, 5) is 0. The van der Waals surface area contributed by atoms with Crippen LogP contribution in [0.25, 0.3) is 0 Å². The van der Waals surface area contributed by atoms with E-state index in [4.69, 9.17) is 19.3 Å². The van der Waals surface area contributed by atoms with Crippen LogP contribution in [-0.2, 0) is 13.6 Å². The Balaban J connectivity index is 2.44. The van der Waals surface area contributed by atoms with Crippen LogP contribution in [-0.4, -0.2) is 41.5 Å². The van der Waals surface area contributed by atoms with E-state index in [9.17, 15) is 0 Å². The molecule has 1 aromatic carbocycles. The summed E-state index contributed by atoms with van der Waals surface area (Å²) in [5, 5.41) is 1.26. The van der Waals surface area contributed by atoms with Crippen LogP contribution in [0.2, 0.25) is 6.04 Å². The van der Waals surface area contributed by atoms with Gasteiger partial charge in [0.25, 0.3) is 0 Å². The Hall–Kier alpha value is -0.723. The molecule has 0 aliphatic carbocycles. The smallest absolute Gasteiger partial charge is 0.372 e. The van der Waals surface area contributed by atoms with E-state index in [0.29, 0.717) is 0 Å². The number of benzene rings is 1. The second-order valence-electron chi connectivity index (χ2n) is 7.09. The molecule has 0 spiro atoms. The Morgan fingerprint density at radius 3 is 1.93 bits per heavy atom. The first kappa shape index (κ1) is 24.3. The van der Waals surface area contributed by atoms with E-state index in [-0.39, 0.29) is 0 Å². The molecule has 5 heteroatoms. The molecule has 27 heavy (non-hydrogen) atoms. The molecule has 0 atom stereocenters. The van der Waals surface area contributed by atoms with Gasteiger partial charge in [-0.15, -0.1) is 0 Å². The number of unbranched alkanes of at least 4 members (excludes halogenated alkanes) is 4. The van der Waals surface area contributed by atoms with Gasteiger partial charge in [0.15, 0.2) is 0 Å². The van der Waals surface area contributed by atoms with Crippen molar-refractivity contribution in [2.75, 3.05) is 33.0 Å². The second-order valence-corrected chi connectivity index (χ2v) is 10.2. The molecule has 0 unspecified atom stereocenters. The third-order valence-electron chi connectivity index (χ3n) is 4.58. The Kier molecular flexibility index (Phi) is 14.6. The van der Waals surface area contributed by atoms with Gasteiger partial charge in [-0.1, -0.05) is 57.0 Å². The summed E-state index contributed by atoms with van der Waals surface area (Å²) in [5.74, 6) is 0. The Bertz CT molecular complexity index is 436. The number of rotatable bonds is 18. The molecule has 156 valence electrons. The normalized spacial score (nSPS) is 11.8. The highest BCUT2D eigenvalue weighted by atomic mass is 28.4. The highest BCUT2D eigenvalue weighted by Crippen LogP contribution is 2.19. The Labute approximate surface area is 168 Å². The Morgan fingerprint density at radius 1 is 0.741 bits per heavy atom. The molecule has 0 aliphatic heterocycles. The van der Waals surface area contributed by atoms with Crippen LogP contribution in [0, 0.1) is 0 Å². The maximum Gasteiger partial charge on any atom is 0.372 e. The molecule has 0 heterocycles. The average molecular weight is 396 g/mol. The number of nitrogens with two attached hydrogens (primary N) is 1. The summed E-state index contributed by atoms with van der Waals surface area (Å²) in [6.07, 6.45) is 8.89. The van der Waals surface area contributed by atoms with Crippen LogP contribution >= 0.6 is 0 Å². The SMILES string of the molecule is CCCO[Si](CCCCOCCCCCCN)(OCCC)c1ccccc1. The number of hydrogen-bond donors (Lipinski definition) is 1. The fourth-order valence-corrected chi connectivity index (χ4v) is 6.57. The zero-order valence-corrected chi connectivity index (χ0v) is 18.6. The first-order chi connectivity index (χ1) is 13.3. The summed E-state index contributed by atoms with van der Waals surface area (Å²) in [5.41, 5.74) is 5.51. The third kappa shape index (κ3) is 10.4. The average Bonchev–Trinajstić information content (AvgIpc) is 2.71. The van der Waals surface area contributed by atoms with Gasteiger partial charge in [0.05, 0.1) is 0 Å². The monoisotopic (exact) mass is 395 g/mol. The van der Waals surface area contributed by atoms with Gasteiger partial charge in [0.2, 0.25) is 0 Å². The van der Waals surface area contributed by atoms with Crippen molar-refractivity contribution in [3.63, 3.8) is 0 Å². The summed E-state index contributed by atoms with van der Waals surface area (Å²) in [7, 11) is -2.37. The van der Waals surface area contributed by atoms with E-state index >= 15 is 0 Å². The van der Waals surface area contributed by atoms with Crippen LogP contribution in [0.1, 0.15) is 65.2 Å². The molecule has 0 saturated carbocycles. The fraction of sp³-hybridized carbons (Fsp3) is 0.727. The number of hydrogen-bond acceptors (Lipinski definition) is 4. The molecular formula is C22H41NO3Si. The van der Waals surface area contributed by atoms with Crippen LogP contribution in [0.5, 0.6) is 0 Å². The van der Waals surface area contributed by atoms with Crippen molar-refractivity contribution in [3.05, 3.63) is 30.3 Å². The highest BCUT2D eigenvalue weighted by molar-refractivity contribution is 6.81. The summed E-state index contributed by atoms with van der Waals surface area (Å²) in [6.45, 7) is 8.35. The van der Waals surface area contributed by atoms with Crippen LogP contribution < -0.4 is 10.9 Å². The first-order valence-corrected chi connectivity index (χ1v) is 12.9. The van der Waals surface area contributed by atoms with Gasteiger partial charge in [0.1, 0.15) is 0 Å². The van der Waals surface area contributed by atoms with Crippen molar-refractivity contribution in [2.45, 2.75) is 71.3 Å². The van der Waals surface area contributed by atoms with Crippen molar-refractivity contribution in [1.82, 2.24) is 0 Å². The number of ether oxygens (including phenoxy) is 1. The standard InChI is InChI=1S/C22H41NO3Si/c1-3-17-25-27(26-18-4-2,22-14-8-7-9-15-22)21-13-12-20-24-19-11-6-5-10-16-23/h7-9,14-15H,3-6,10-13,16-21,23H2,1-2H3. The highest BCUT2D eigenvalue weighted by Gasteiger charge is 2.39. The molecule has 0 fully saturated rings. The largest absolute Gasteiger partial charge is 0.391 e. The molecule has 1 rings (SSSR count). The van der Waals surface area contributed by atoms with Gasteiger partial charge < -0.3 is 19.3 Å². The van der Waals surface area contributed by atoms with Gasteiger partial charge in [-0.3, -0.25) is 0 Å². The van der Waals surface area contributed by atoms with E-state index < -0.39 is 8.56 Å². The second kappa shape index (κ2) is 16.3. The maximum absolute atomic E-state index is 6.42. The molecule has 0 saturated heterocycles. The molecule has 1 aromatic rings. The molecule has 2 N–H and O–H groups in total. The van der Waals surface area contributed by atoms with Gasteiger partial charge in [-0.2, -0.15) is 0 Å². The molecule has 0 radical (unpaired) electrons. The van der Waals surface area contributed by atoms with E-state index in [0.717, 1.165) is 77.5 Å². The summed E-state index contributed by atoms with van der Waals surface area (Å²) < 4.78 is 18.6. The van der Waals surface area contributed by atoms with Crippen molar-refractivity contribution < 1.29 is 13.6 Å². The topological polar surface area (TPSA) is 53.7 Å². The van der Waals surface area contributed by atoms with Crippen molar-refractivity contribution in [2.24, 2.45) is 5.73 Å². The lowest BCUT2D eigenvalue weighted by molar-refractivity contribution is 0.125. The molecule has 0 aromatic heterocycles. The zero-order valence-electron chi connectivity index (χ0n) is 17.6. The van der Waals surface area contributed by atoms with Gasteiger partial charge in [-0.05, 0) is 56.3 Å². The molecule has 0 aliphatic rings. The van der Waals surface area contributed by atoms with E-state index in [1.165, 1.54) is 18.0 Å². The molecule has 0 amide bonds. The zero-order chi connectivity index (χ0) is 19.6. The van der Waals surface area contributed by atoms with Crippen LogP contribution in [0.4, 0.5) is 0 Å². The van der Waals surface area contributed by atoms with E-state index in [1.807, 2.05) is 0 Å². The maximum atomic E-state index is 6.42. The van der Waals surface area contributed by atoms with Crippen molar-refractivity contribution in [1.29, 1.82) is 0 Å². The van der Waals surface area contributed by atoms with Gasteiger partial charge in [0, 0.05) is 26.4 Å². The molecule has 4 nitrogen and oxygen atoms in total. The van der Waals surface area contributed by atoms with Crippen molar-refractivity contribution >= 4 is 13.7 Å². The Morgan fingerprint density at radius 2 is 1.33 bits per heavy atom. The minimum absolute atomic E-state index is 0.768. The van der Waals surface area contributed by atoms with E-state index in [2.05, 4.69) is 44.2 Å². The fourth-order valence-electron chi connectivity index (χ4n) is 3.09. The predicted molar refractivity (Wildman–Crippen MR) is 117 cm³/mol. The molecule has 0 bridgehead atoms. The molecular weight excluding hydrogens is 354 g/mol. The summed E-state index contributed by atoms with van der Waals surface area (Å²) >= 11 is 0. The minimum atomic E-state index is -2.37. The predicted octanol–water partition coefficient (Wildman–Crippen LogP) is 4.50. The van der Waals surface area contributed by atoms with E-state index in [1.54, 1.807) is 0 Å². The lowest BCUT2D eigenvalue weighted by atomic mass is 10.2.